The molecule has 0 aromatic carbocycles. The standard InChI is InChI=1S/C40H66N6O6/c1-35(2,3)30(43-34(51)44-38(15-9-8-10-16-38)24-45-19-20-52-36(4,5)23-45)33(50)46-25-40(37(6,7)39(40)17-12-18-39)22-28(46)32(49)42-27(29(47)31(41)48)21-26-13-11-14-26/h26-28,30H,8-25H2,1-7H3,(H2,41,48)(H,42,49)(H2,43,44,51)/t27?,28-,30+,40+/m0/s1. The first-order chi connectivity index (χ1) is 24.3. The average molecular weight is 727 g/mol. The number of ketones is 1. The number of urea groups is 1. The molecule has 292 valence electrons. The minimum atomic E-state index is -1.06. The lowest BCUT2D eigenvalue weighted by Crippen LogP contribution is -2.64. The Bertz CT molecular complexity index is 1420. The molecule has 2 aliphatic heterocycles. The van der Waals surface area contributed by atoms with Crippen LogP contribution in [-0.2, 0) is 23.9 Å². The molecule has 1 unspecified atom stereocenters. The number of fused-ring (bicyclic) bond motifs is 1. The summed E-state index contributed by atoms with van der Waals surface area (Å²) in [7, 11) is 0. The van der Waals surface area contributed by atoms with Gasteiger partial charge in [-0.2, -0.15) is 0 Å². The third kappa shape index (κ3) is 7.00. The van der Waals surface area contributed by atoms with E-state index in [-0.39, 0.29) is 39.7 Å². The highest BCUT2D eigenvalue weighted by atomic mass is 16.5. The Morgan fingerprint density at radius 2 is 1.54 bits per heavy atom. The van der Waals surface area contributed by atoms with E-state index in [1.54, 1.807) is 4.90 Å². The van der Waals surface area contributed by atoms with Gasteiger partial charge < -0.3 is 31.3 Å². The van der Waals surface area contributed by atoms with Crippen molar-refractivity contribution in [1.29, 1.82) is 0 Å². The molecule has 2 spiro atoms. The van der Waals surface area contributed by atoms with Gasteiger partial charge in [0.2, 0.25) is 17.6 Å². The second-order valence-corrected chi connectivity index (χ2v) is 19.7. The molecule has 5 amide bonds. The van der Waals surface area contributed by atoms with Gasteiger partial charge in [-0.25, -0.2) is 4.79 Å². The van der Waals surface area contributed by atoms with E-state index in [9.17, 15) is 24.0 Å². The van der Waals surface area contributed by atoms with Crippen LogP contribution in [0.15, 0.2) is 0 Å². The molecule has 4 saturated carbocycles. The van der Waals surface area contributed by atoms with Gasteiger partial charge in [0.05, 0.1) is 23.8 Å². The Labute approximate surface area is 310 Å². The van der Waals surface area contributed by atoms with Gasteiger partial charge in [-0.05, 0) is 74.5 Å². The highest BCUT2D eigenvalue weighted by Gasteiger charge is 2.85. The molecule has 2 heterocycles. The van der Waals surface area contributed by atoms with E-state index in [1.165, 1.54) is 0 Å². The number of nitrogens with one attached hydrogen (secondary N) is 3. The van der Waals surface area contributed by atoms with Crippen molar-refractivity contribution < 1.29 is 28.7 Å². The first-order valence-electron chi connectivity index (χ1n) is 20.2. The number of nitrogens with two attached hydrogens (primary N) is 1. The van der Waals surface area contributed by atoms with Crippen molar-refractivity contribution in [2.45, 2.75) is 161 Å². The summed E-state index contributed by atoms with van der Waals surface area (Å²) in [6, 6.07) is -3.12. The summed E-state index contributed by atoms with van der Waals surface area (Å²) in [5.74, 6) is -2.32. The van der Waals surface area contributed by atoms with Crippen LogP contribution in [0.5, 0.6) is 0 Å². The number of ether oxygens (including phenoxy) is 1. The molecule has 4 aliphatic carbocycles. The van der Waals surface area contributed by atoms with Crippen LogP contribution in [0.4, 0.5) is 4.79 Å². The quantitative estimate of drug-likeness (QED) is 0.234. The van der Waals surface area contributed by atoms with Crippen LogP contribution in [0.25, 0.3) is 0 Å². The summed E-state index contributed by atoms with van der Waals surface area (Å²) in [6.45, 7) is 17.9. The van der Waals surface area contributed by atoms with Gasteiger partial charge in [-0.15, -0.1) is 0 Å². The molecule has 6 fully saturated rings. The van der Waals surface area contributed by atoms with E-state index >= 15 is 0 Å². The van der Waals surface area contributed by atoms with Crippen LogP contribution in [-0.4, -0.2) is 101 Å². The topological polar surface area (TPSA) is 163 Å². The highest BCUT2D eigenvalue weighted by molar-refractivity contribution is 6.37. The molecule has 0 bridgehead atoms. The highest BCUT2D eigenvalue weighted by Crippen LogP contribution is 2.88. The van der Waals surface area contributed by atoms with Crippen molar-refractivity contribution in [3.63, 3.8) is 0 Å². The number of primary amides is 1. The molecule has 0 aromatic rings. The van der Waals surface area contributed by atoms with Gasteiger partial charge in [0, 0.05) is 31.6 Å². The molecule has 4 atom stereocenters. The van der Waals surface area contributed by atoms with Crippen molar-refractivity contribution in [2.24, 2.45) is 33.3 Å². The Hall–Kier alpha value is -2.73. The van der Waals surface area contributed by atoms with E-state index in [0.29, 0.717) is 26.0 Å². The molecule has 0 radical (unpaired) electrons. The van der Waals surface area contributed by atoms with E-state index in [2.05, 4.69) is 48.5 Å². The zero-order valence-electron chi connectivity index (χ0n) is 33.0. The van der Waals surface area contributed by atoms with Crippen LogP contribution in [0.2, 0.25) is 0 Å². The maximum atomic E-state index is 14.9. The van der Waals surface area contributed by atoms with Crippen molar-refractivity contribution in [3.05, 3.63) is 0 Å². The van der Waals surface area contributed by atoms with Crippen molar-refractivity contribution in [3.8, 4) is 0 Å². The number of nitrogens with zero attached hydrogens (tertiary/aromatic N) is 2. The number of hydrogen-bond acceptors (Lipinski definition) is 7. The molecule has 52 heavy (non-hydrogen) atoms. The maximum absolute atomic E-state index is 14.9. The van der Waals surface area contributed by atoms with Gasteiger partial charge in [0.15, 0.2) is 0 Å². The predicted molar refractivity (Wildman–Crippen MR) is 198 cm³/mol. The Morgan fingerprint density at radius 1 is 0.865 bits per heavy atom. The molecule has 12 nitrogen and oxygen atoms in total. The first-order valence-corrected chi connectivity index (χ1v) is 20.2. The Balaban J connectivity index is 1.23. The van der Waals surface area contributed by atoms with Crippen LogP contribution < -0.4 is 21.7 Å². The molecule has 6 aliphatic rings. The maximum Gasteiger partial charge on any atom is 0.315 e. The van der Waals surface area contributed by atoms with Gasteiger partial charge in [-0.1, -0.05) is 79.6 Å². The SMILES string of the molecule is CC1(C)CN(CC2(NC(=O)N[C@H](C(=O)N3C[C@]4(C[C@H]3C(=O)NC(CC3CCC3)C(=O)C(N)=O)C(C)(C)C43CCC3)C(C)(C)C)CCCCC2)CCO1. The second kappa shape index (κ2) is 13.8. The average Bonchev–Trinajstić information content (AvgIpc) is 3.22. The van der Waals surface area contributed by atoms with Crippen LogP contribution in [0.1, 0.15) is 132 Å². The fourth-order valence-corrected chi connectivity index (χ4v) is 11.2. The van der Waals surface area contributed by atoms with Crippen LogP contribution in [0.3, 0.4) is 0 Å². The minimum absolute atomic E-state index is 0.0609. The molecule has 6 rings (SSSR count). The number of morpholine rings is 1. The summed E-state index contributed by atoms with van der Waals surface area (Å²) >= 11 is 0. The molecular weight excluding hydrogens is 660 g/mol. The monoisotopic (exact) mass is 727 g/mol. The van der Waals surface area contributed by atoms with Crippen LogP contribution >= 0.6 is 0 Å². The number of carbonyl (C=O) groups excluding carboxylic acids is 5. The van der Waals surface area contributed by atoms with Gasteiger partial charge in [0.25, 0.3) is 5.91 Å². The molecule has 2 saturated heterocycles. The summed E-state index contributed by atoms with van der Waals surface area (Å²) in [4.78, 5) is 72.5. The van der Waals surface area contributed by atoms with Gasteiger partial charge in [-0.3, -0.25) is 24.1 Å². The van der Waals surface area contributed by atoms with Crippen molar-refractivity contribution in [2.75, 3.05) is 32.8 Å². The van der Waals surface area contributed by atoms with E-state index in [4.69, 9.17) is 10.5 Å². The molecule has 0 aromatic heterocycles. The van der Waals surface area contributed by atoms with Crippen LogP contribution in [0, 0.1) is 27.6 Å². The summed E-state index contributed by atoms with van der Waals surface area (Å²) < 4.78 is 5.96. The number of amides is 5. The van der Waals surface area contributed by atoms with Crippen molar-refractivity contribution >= 4 is 29.5 Å². The van der Waals surface area contributed by atoms with E-state index in [1.807, 2.05) is 20.8 Å². The van der Waals surface area contributed by atoms with E-state index < -0.39 is 46.7 Å². The fraction of sp³-hybridized carbons (Fsp3) is 0.875. The van der Waals surface area contributed by atoms with E-state index in [0.717, 1.165) is 90.3 Å². The van der Waals surface area contributed by atoms with Gasteiger partial charge in [0.1, 0.15) is 12.1 Å². The lowest BCUT2D eigenvalue weighted by atomic mass is 9.73. The summed E-state index contributed by atoms with van der Waals surface area (Å²) in [5.41, 5.74) is 3.86. The lowest BCUT2D eigenvalue weighted by molar-refractivity contribution is -0.143. The molecule has 12 heteroatoms. The fourth-order valence-electron chi connectivity index (χ4n) is 11.2. The third-order valence-corrected chi connectivity index (χ3v) is 14.7. The largest absolute Gasteiger partial charge is 0.373 e. The Kier molecular flexibility index (Phi) is 10.4. The third-order valence-electron chi connectivity index (χ3n) is 14.7. The molecule has 5 N–H and O–H groups in total. The molecular formula is C40H66N6O6. The smallest absolute Gasteiger partial charge is 0.315 e. The lowest BCUT2D eigenvalue weighted by Gasteiger charge is -2.46. The normalized spacial score (nSPS) is 30.1. The van der Waals surface area contributed by atoms with Gasteiger partial charge >= 0.3 is 6.03 Å². The summed E-state index contributed by atoms with van der Waals surface area (Å²) in [6.07, 6.45) is 12.0. The number of likely N-dealkylation sites (tertiary alicyclic amines) is 1. The number of carbonyl (C=O) groups is 5. The summed E-state index contributed by atoms with van der Waals surface area (Å²) in [5, 5.41) is 9.40. The number of Topliss-reactive ketones (excluding diaryl/α,β-unsaturated/α-hetero) is 1. The first kappa shape index (κ1) is 39.0. The predicted octanol–water partition coefficient (Wildman–Crippen LogP) is 4.04. The Morgan fingerprint density at radius 3 is 2.06 bits per heavy atom. The second-order valence-electron chi connectivity index (χ2n) is 19.7. The number of rotatable bonds is 11. The zero-order valence-corrected chi connectivity index (χ0v) is 33.0. The number of hydrogen-bond donors (Lipinski definition) is 4. The zero-order chi connectivity index (χ0) is 37.9. The van der Waals surface area contributed by atoms with Crippen molar-refractivity contribution in [1.82, 2.24) is 25.8 Å². The minimum Gasteiger partial charge on any atom is -0.373 e.